The van der Waals surface area contributed by atoms with E-state index >= 15 is 0 Å². The van der Waals surface area contributed by atoms with Crippen LogP contribution in [0.4, 0.5) is 0 Å². The maximum atomic E-state index is 12.2. The maximum absolute atomic E-state index is 12.2. The van der Waals surface area contributed by atoms with Crippen LogP contribution in [0.3, 0.4) is 0 Å². The largest absolute Gasteiger partial charge is 0.496 e. The highest BCUT2D eigenvalue weighted by molar-refractivity contribution is 6.29. The van der Waals surface area contributed by atoms with Crippen LogP contribution in [-0.2, 0) is 0 Å². The molecule has 0 aliphatic carbocycles. The van der Waals surface area contributed by atoms with Crippen molar-refractivity contribution in [3.05, 3.63) is 58.4 Å². The van der Waals surface area contributed by atoms with Crippen molar-refractivity contribution in [3.63, 3.8) is 0 Å². The number of benzene rings is 1. The number of carbonyl (C=O) groups is 1. The number of aryl methyl sites for hydroxylation is 1. The Balaban J connectivity index is 2.20. The summed E-state index contributed by atoms with van der Waals surface area (Å²) in [5.41, 5.74) is 2.53. The van der Waals surface area contributed by atoms with Gasteiger partial charge < -0.3 is 10.1 Å². The van der Waals surface area contributed by atoms with Gasteiger partial charge in [-0.3, -0.25) is 4.79 Å². The van der Waals surface area contributed by atoms with Gasteiger partial charge in [0, 0.05) is 17.3 Å². The predicted octanol–water partition coefficient (Wildman–Crippen LogP) is 3.54. The number of nitrogens with zero attached hydrogens (tertiary/aromatic N) is 1. The molecule has 1 unspecified atom stereocenters. The molecule has 0 fully saturated rings. The zero-order chi connectivity index (χ0) is 15.4. The molecule has 1 N–H and O–H groups in total. The summed E-state index contributed by atoms with van der Waals surface area (Å²) in [6.07, 6.45) is 1.51. The third kappa shape index (κ3) is 3.73. The summed E-state index contributed by atoms with van der Waals surface area (Å²) in [6, 6.07) is 8.86. The summed E-state index contributed by atoms with van der Waals surface area (Å²) in [7, 11) is 1.62. The van der Waals surface area contributed by atoms with E-state index in [-0.39, 0.29) is 11.9 Å². The van der Waals surface area contributed by atoms with E-state index in [9.17, 15) is 4.79 Å². The number of nitrogens with one attached hydrogen (secondary N) is 1. The van der Waals surface area contributed by atoms with Crippen molar-refractivity contribution in [2.75, 3.05) is 7.11 Å². The van der Waals surface area contributed by atoms with Gasteiger partial charge in [0.05, 0.1) is 13.2 Å². The number of hydrogen-bond acceptors (Lipinski definition) is 3. The normalized spacial score (nSPS) is 11.8. The molecule has 0 aliphatic rings. The van der Waals surface area contributed by atoms with E-state index in [1.54, 1.807) is 13.2 Å². The fourth-order valence-electron chi connectivity index (χ4n) is 2.09. The molecule has 1 amide bonds. The van der Waals surface area contributed by atoms with Gasteiger partial charge in [0.15, 0.2) is 0 Å². The molecule has 1 heterocycles. The Hall–Kier alpha value is -2.07. The Morgan fingerprint density at radius 2 is 2.10 bits per heavy atom. The van der Waals surface area contributed by atoms with Crippen LogP contribution in [0.25, 0.3) is 0 Å². The Bertz CT molecular complexity index is 658. The number of amides is 1. The quantitative estimate of drug-likeness (QED) is 0.879. The summed E-state index contributed by atoms with van der Waals surface area (Å²) >= 11 is 5.80. The van der Waals surface area contributed by atoms with Gasteiger partial charge in [0.1, 0.15) is 10.9 Å². The molecule has 110 valence electrons. The van der Waals surface area contributed by atoms with E-state index in [0.717, 1.165) is 16.9 Å². The maximum Gasteiger partial charge on any atom is 0.251 e. The smallest absolute Gasteiger partial charge is 0.251 e. The zero-order valence-electron chi connectivity index (χ0n) is 12.2. The molecule has 0 spiro atoms. The van der Waals surface area contributed by atoms with Crippen molar-refractivity contribution in [1.82, 2.24) is 10.3 Å². The number of rotatable bonds is 4. The summed E-state index contributed by atoms with van der Waals surface area (Å²) in [4.78, 5) is 16.1. The fourth-order valence-corrected chi connectivity index (χ4v) is 2.27. The van der Waals surface area contributed by atoms with Crippen molar-refractivity contribution in [3.8, 4) is 5.75 Å². The Labute approximate surface area is 129 Å². The lowest BCUT2D eigenvalue weighted by Crippen LogP contribution is -2.27. The van der Waals surface area contributed by atoms with Gasteiger partial charge >= 0.3 is 0 Å². The van der Waals surface area contributed by atoms with Gasteiger partial charge in [0.2, 0.25) is 0 Å². The van der Waals surface area contributed by atoms with Crippen molar-refractivity contribution >= 4 is 17.5 Å². The molecule has 1 aromatic heterocycles. The average molecular weight is 305 g/mol. The van der Waals surface area contributed by atoms with E-state index in [1.165, 1.54) is 12.3 Å². The second-order valence-corrected chi connectivity index (χ2v) is 5.20. The SMILES string of the molecule is COc1ccc(C)cc1C(C)NC(=O)c1ccnc(Cl)c1. The molecule has 4 nitrogen and oxygen atoms in total. The van der Waals surface area contributed by atoms with Crippen LogP contribution >= 0.6 is 11.6 Å². The lowest BCUT2D eigenvalue weighted by molar-refractivity contribution is 0.0939. The van der Waals surface area contributed by atoms with Gasteiger partial charge in [-0.1, -0.05) is 29.3 Å². The number of aromatic nitrogens is 1. The number of ether oxygens (including phenoxy) is 1. The summed E-state index contributed by atoms with van der Waals surface area (Å²) in [5.74, 6) is 0.552. The standard InChI is InChI=1S/C16H17ClN2O2/c1-10-4-5-14(21-3)13(8-10)11(2)19-16(20)12-6-7-18-15(17)9-12/h4-9,11H,1-3H3,(H,19,20). The van der Waals surface area contributed by atoms with E-state index in [1.807, 2.05) is 32.0 Å². The molecule has 5 heteroatoms. The lowest BCUT2D eigenvalue weighted by atomic mass is 10.0. The molecule has 21 heavy (non-hydrogen) atoms. The third-order valence-electron chi connectivity index (χ3n) is 3.19. The molecule has 2 aromatic rings. The minimum absolute atomic E-state index is 0.181. The minimum Gasteiger partial charge on any atom is -0.496 e. The highest BCUT2D eigenvalue weighted by Crippen LogP contribution is 2.26. The predicted molar refractivity (Wildman–Crippen MR) is 82.9 cm³/mol. The van der Waals surface area contributed by atoms with Crippen LogP contribution in [0.1, 0.15) is 34.5 Å². The summed E-state index contributed by atoms with van der Waals surface area (Å²) < 4.78 is 5.35. The molecular weight excluding hydrogens is 288 g/mol. The number of methoxy groups -OCH3 is 1. The molecule has 1 aromatic carbocycles. The Kier molecular flexibility index (Phi) is 4.81. The fraction of sp³-hybridized carbons (Fsp3) is 0.250. The summed E-state index contributed by atoms with van der Waals surface area (Å²) in [5, 5.41) is 3.23. The van der Waals surface area contributed by atoms with Gasteiger partial charge in [-0.15, -0.1) is 0 Å². The average Bonchev–Trinajstić information content (AvgIpc) is 2.47. The van der Waals surface area contributed by atoms with E-state index in [4.69, 9.17) is 16.3 Å². The molecule has 2 rings (SSSR count). The van der Waals surface area contributed by atoms with Crippen molar-refractivity contribution in [2.45, 2.75) is 19.9 Å². The van der Waals surface area contributed by atoms with Crippen LogP contribution < -0.4 is 10.1 Å². The molecule has 0 bridgehead atoms. The molecular formula is C16H17ClN2O2. The van der Waals surface area contributed by atoms with Gasteiger partial charge in [0.25, 0.3) is 5.91 Å². The first-order chi connectivity index (χ1) is 10.0. The first kappa shape index (κ1) is 15.3. The second-order valence-electron chi connectivity index (χ2n) is 4.81. The number of carbonyl (C=O) groups excluding carboxylic acids is 1. The van der Waals surface area contributed by atoms with Crippen molar-refractivity contribution < 1.29 is 9.53 Å². The van der Waals surface area contributed by atoms with Crippen LogP contribution in [0.5, 0.6) is 5.75 Å². The van der Waals surface area contributed by atoms with Crippen LogP contribution in [0.2, 0.25) is 5.15 Å². The van der Waals surface area contributed by atoms with Gasteiger partial charge in [-0.25, -0.2) is 4.98 Å². The van der Waals surface area contributed by atoms with Crippen LogP contribution in [-0.4, -0.2) is 18.0 Å². The van der Waals surface area contributed by atoms with E-state index < -0.39 is 0 Å². The highest BCUT2D eigenvalue weighted by atomic mass is 35.5. The minimum atomic E-state index is -0.199. The molecule has 1 atom stereocenters. The van der Waals surface area contributed by atoms with E-state index in [0.29, 0.717) is 10.7 Å². The van der Waals surface area contributed by atoms with Crippen molar-refractivity contribution in [1.29, 1.82) is 0 Å². The van der Waals surface area contributed by atoms with Crippen LogP contribution in [0.15, 0.2) is 36.5 Å². The number of pyridine rings is 1. The Morgan fingerprint density at radius 1 is 1.33 bits per heavy atom. The second kappa shape index (κ2) is 6.59. The zero-order valence-corrected chi connectivity index (χ0v) is 12.9. The molecule has 0 aliphatic heterocycles. The van der Waals surface area contributed by atoms with Gasteiger partial charge in [-0.2, -0.15) is 0 Å². The molecule has 0 saturated heterocycles. The molecule has 0 saturated carbocycles. The molecule has 0 radical (unpaired) electrons. The third-order valence-corrected chi connectivity index (χ3v) is 3.39. The Morgan fingerprint density at radius 3 is 2.76 bits per heavy atom. The summed E-state index contributed by atoms with van der Waals surface area (Å²) in [6.45, 7) is 3.91. The number of hydrogen-bond donors (Lipinski definition) is 1. The number of halogens is 1. The van der Waals surface area contributed by atoms with E-state index in [2.05, 4.69) is 10.3 Å². The first-order valence-corrected chi connectivity index (χ1v) is 6.96. The lowest BCUT2D eigenvalue weighted by Gasteiger charge is -2.18. The monoisotopic (exact) mass is 304 g/mol. The first-order valence-electron chi connectivity index (χ1n) is 6.58. The van der Waals surface area contributed by atoms with Crippen molar-refractivity contribution in [2.24, 2.45) is 0 Å². The van der Waals surface area contributed by atoms with Gasteiger partial charge in [-0.05, 0) is 32.0 Å². The topological polar surface area (TPSA) is 51.2 Å². The van der Waals surface area contributed by atoms with Crippen LogP contribution in [0, 0.1) is 6.92 Å². The highest BCUT2D eigenvalue weighted by Gasteiger charge is 2.15.